The molecule has 1 aliphatic rings. The Morgan fingerprint density at radius 2 is 1.93 bits per heavy atom. The highest BCUT2D eigenvalue weighted by Gasteiger charge is 2.30. The Balaban J connectivity index is 1.76. The molecule has 2 N–H and O–H groups in total. The molecule has 1 unspecified atom stereocenters. The minimum absolute atomic E-state index is 0.0464. The predicted octanol–water partition coefficient (Wildman–Crippen LogP) is 3.07. The van der Waals surface area contributed by atoms with Crippen LogP contribution in [0.2, 0.25) is 0 Å². The van der Waals surface area contributed by atoms with E-state index in [-0.39, 0.29) is 24.0 Å². The average Bonchev–Trinajstić information content (AvgIpc) is 3.11. The lowest BCUT2D eigenvalue weighted by Gasteiger charge is -2.24. The summed E-state index contributed by atoms with van der Waals surface area (Å²) in [6, 6.07) is 12.6. The van der Waals surface area contributed by atoms with Crippen LogP contribution in [0.1, 0.15) is 23.5 Å². The molecule has 0 spiro atoms. The Kier molecular flexibility index (Phi) is 4.19. The molecule has 1 aliphatic heterocycles. The summed E-state index contributed by atoms with van der Waals surface area (Å²) >= 11 is 0. The lowest BCUT2D eigenvalue weighted by atomic mass is 9.87. The van der Waals surface area contributed by atoms with Crippen molar-refractivity contribution in [3.05, 3.63) is 59.8 Å². The van der Waals surface area contributed by atoms with E-state index in [1.165, 1.54) is 7.11 Å². The molecule has 27 heavy (non-hydrogen) atoms. The molecule has 0 aliphatic carbocycles. The third-order valence-electron chi connectivity index (χ3n) is 4.74. The number of ether oxygens (including phenoxy) is 2. The van der Waals surface area contributed by atoms with Gasteiger partial charge in [0.15, 0.2) is 11.5 Å². The fourth-order valence-electron chi connectivity index (χ4n) is 3.36. The van der Waals surface area contributed by atoms with E-state index in [0.717, 1.165) is 22.6 Å². The highest BCUT2D eigenvalue weighted by atomic mass is 16.5. The molecular weight excluding hydrogens is 346 g/mol. The first-order chi connectivity index (χ1) is 13.1. The zero-order valence-electron chi connectivity index (χ0n) is 15.0. The Bertz CT molecular complexity index is 995. The van der Waals surface area contributed by atoms with Crippen molar-refractivity contribution in [2.75, 3.05) is 19.5 Å². The Morgan fingerprint density at radius 1 is 1.15 bits per heavy atom. The van der Waals surface area contributed by atoms with Crippen molar-refractivity contribution in [1.82, 2.24) is 9.78 Å². The van der Waals surface area contributed by atoms with Gasteiger partial charge in [0, 0.05) is 17.9 Å². The molecule has 7 nitrogen and oxygen atoms in total. The number of amides is 1. The molecule has 2 aromatic carbocycles. The van der Waals surface area contributed by atoms with E-state index >= 15 is 0 Å². The normalized spacial score (nSPS) is 15.8. The zero-order chi connectivity index (χ0) is 19.0. The van der Waals surface area contributed by atoms with Crippen LogP contribution in [0.4, 0.5) is 5.82 Å². The maximum absolute atomic E-state index is 12.3. The van der Waals surface area contributed by atoms with Crippen molar-refractivity contribution in [2.45, 2.75) is 12.3 Å². The highest BCUT2D eigenvalue weighted by molar-refractivity contribution is 5.94. The number of carbonyl (C=O) groups excluding carboxylic acids is 1. The molecule has 0 saturated heterocycles. The summed E-state index contributed by atoms with van der Waals surface area (Å²) < 4.78 is 12.0. The Labute approximate surface area is 156 Å². The number of anilines is 1. The minimum Gasteiger partial charge on any atom is -0.504 e. The van der Waals surface area contributed by atoms with Gasteiger partial charge in [0.25, 0.3) is 0 Å². The number of phenolic OH excluding ortho intramolecular Hbond substituents is 1. The van der Waals surface area contributed by atoms with Gasteiger partial charge in [-0.3, -0.25) is 4.79 Å². The molecule has 3 aromatic rings. The van der Waals surface area contributed by atoms with Crippen LogP contribution in [0, 0.1) is 0 Å². The van der Waals surface area contributed by atoms with Gasteiger partial charge in [-0.15, -0.1) is 0 Å². The van der Waals surface area contributed by atoms with Gasteiger partial charge in [-0.1, -0.05) is 6.07 Å². The van der Waals surface area contributed by atoms with E-state index in [1.807, 2.05) is 30.3 Å². The molecule has 0 bridgehead atoms. The zero-order valence-corrected chi connectivity index (χ0v) is 15.0. The molecule has 4 rings (SSSR count). The molecule has 0 saturated carbocycles. The van der Waals surface area contributed by atoms with E-state index < -0.39 is 0 Å². The highest BCUT2D eigenvalue weighted by Crippen LogP contribution is 2.40. The summed E-state index contributed by atoms with van der Waals surface area (Å²) in [5.41, 5.74) is 2.55. The summed E-state index contributed by atoms with van der Waals surface area (Å²) in [5.74, 6) is 1.53. The Morgan fingerprint density at radius 3 is 2.59 bits per heavy atom. The van der Waals surface area contributed by atoms with Gasteiger partial charge in [-0.25, -0.2) is 4.68 Å². The van der Waals surface area contributed by atoms with E-state index in [4.69, 9.17) is 9.47 Å². The summed E-state index contributed by atoms with van der Waals surface area (Å²) in [6.07, 6.45) is 2.04. The molecular formula is C20H19N3O4. The van der Waals surface area contributed by atoms with Crippen molar-refractivity contribution in [3.8, 4) is 22.9 Å². The number of carbonyl (C=O) groups is 1. The summed E-state index contributed by atoms with van der Waals surface area (Å²) in [6.45, 7) is 0. The molecule has 0 fully saturated rings. The standard InChI is InChI=1S/C20H19N3O4/c1-26-14-6-4-13(5-7-14)23-20-16(11-21-23)15(10-19(25)22-20)12-3-8-18(27-2)17(24)9-12/h3-9,11,15,24H,10H2,1-2H3,(H,22,25). The van der Waals surface area contributed by atoms with Crippen molar-refractivity contribution in [3.63, 3.8) is 0 Å². The third kappa shape index (κ3) is 2.97. The van der Waals surface area contributed by atoms with Gasteiger partial charge in [0.1, 0.15) is 11.6 Å². The molecule has 1 atom stereocenters. The summed E-state index contributed by atoms with van der Waals surface area (Å²) in [4.78, 5) is 12.3. The second kappa shape index (κ2) is 6.68. The number of aromatic hydroxyl groups is 1. The van der Waals surface area contributed by atoms with Crippen molar-refractivity contribution in [1.29, 1.82) is 0 Å². The van der Waals surface area contributed by atoms with E-state index in [1.54, 1.807) is 30.1 Å². The largest absolute Gasteiger partial charge is 0.504 e. The first-order valence-corrected chi connectivity index (χ1v) is 8.50. The summed E-state index contributed by atoms with van der Waals surface area (Å²) in [5, 5.41) is 17.5. The Hall–Kier alpha value is -3.48. The fourth-order valence-corrected chi connectivity index (χ4v) is 3.36. The smallest absolute Gasteiger partial charge is 0.226 e. The van der Waals surface area contributed by atoms with E-state index in [0.29, 0.717) is 11.6 Å². The molecule has 2 heterocycles. The van der Waals surface area contributed by atoms with E-state index in [2.05, 4.69) is 10.4 Å². The number of rotatable bonds is 4. The van der Waals surface area contributed by atoms with Gasteiger partial charge in [0.2, 0.25) is 5.91 Å². The quantitative estimate of drug-likeness (QED) is 0.742. The number of hydrogen-bond donors (Lipinski definition) is 2. The summed E-state index contributed by atoms with van der Waals surface area (Å²) in [7, 11) is 3.11. The van der Waals surface area contributed by atoms with E-state index in [9.17, 15) is 9.90 Å². The fraction of sp³-hybridized carbons (Fsp3) is 0.200. The second-order valence-electron chi connectivity index (χ2n) is 6.29. The lowest BCUT2D eigenvalue weighted by molar-refractivity contribution is -0.116. The number of methoxy groups -OCH3 is 2. The SMILES string of the molecule is COc1ccc(-n2ncc3c2NC(=O)CC3c2ccc(OC)c(O)c2)cc1. The number of phenols is 1. The molecule has 0 radical (unpaired) electrons. The van der Waals surface area contributed by atoms with Crippen molar-refractivity contribution >= 4 is 11.7 Å². The molecule has 1 amide bonds. The van der Waals surface area contributed by atoms with Crippen LogP contribution in [0.3, 0.4) is 0 Å². The maximum Gasteiger partial charge on any atom is 0.226 e. The van der Waals surface area contributed by atoms with Crippen LogP contribution in [-0.2, 0) is 4.79 Å². The number of benzene rings is 2. The molecule has 138 valence electrons. The first kappa shape index (κ1) is 17.0. The minimum atomic E-state index is -0.197. The van der Waals surface area contributed by atoms with Gasteiger partial charge >= 0.3 is 0 Å². The van der Waals surface area contributed by atoms with Crippen LogP contribution >= 0.6 is 0 Å². The van der Waals surface area contributed by atoms with Crippen LogP contribution < -0.4 is 14.8 Å². The van der Waals surface area contributed by atoms with Gasteiger partial charge in [0.05, 0.1) is 26.1 Å². The average molecular weight is 365 g/mol. The first-order valence-electron chi connectivity index (χ1n) is 8.50. The van der Waals surface area contributed by atoms with Crippen LogP contribution in [0.5, 0.6) is 17.2 Å². The molecule has 7 heteroatoms. The topological polar surface area (TPSA) is 85.6 Å². The van der Waals surface area contributed by atoms with Crippen molar-refractivity contribution < 1.29 is 19.4 Å². The monoisotopic (exact) mass is 365 g/mol. The number of hydrogen-bond acceptors (Lipinski definition) is 5. The van der Waals surface area contributed by atoms with Crippen molar-refractivity contribution in [2.24, 2.45) is 0 Å². The van der Waals surface area contributed by atoms with Gasteiger partial charge in [-0.05, 0) is 42.0 Å². The number of fused-ring (bicyclic) bond motifs is 1. The predicted molar refractivity (Wildman–Crippen MR) is 99.9 cm³/mol. The maximum atomic E-state index is 12.3. The van der Waals surface area contributed by atoms with Crippen LogP contribution in [-0.4, -0.2) is 35.0 Å². The number of aromatic nitrogens is 2. The van der Waals surface area contributed by atoms with Gasteiger partial charge < -0.3 is 19.9 Å². The molecule has 1 aromatic heterocycles. The van der Waals surface area contributed by atoms with Gasteiger partial charge in [-0.2, -0.15) is 5.10 Å². The third-order valence-corrected chi connectivity index (χ3v) is 4.74. The second-order valence-corrected chi connectivity index (χ2v) is 6.29. The van der Waals surface area contributed by atoms with Crippen LogP contribution in [0.15, 0.2) is 48.7 Å². The lowest BCUT2D eigenvalue weighted by Crippen LogP contribution is -2.24. The number of nitrogens with zero attached hydrogens (tertiary/aromatic N) is 2. The number of nitrogens with one attached hydrogen (secondary N) is 1. The van der Waals surface area contributed by atoms with Crippen LogP contribution in [0.25, 0.3) is 5.69 Å².